The predicted octanol–water partition coefficient (Wildman–Crippen LogP) is 2.99. The van der Waals surface area contributed by atoms with Gasteiger partial charge in [-0.2, -0.15) is 0 Å². The molecule has 0 bridgehead atoms. The van der Waals surface area contributed by atoms with Crippen molar-refractivity contribution < 1.29 is 19.3 Å². The number of hydrogen-bond donors (Lipinski definition) is 1. The third-order valence-electron chi connectivity index (χ3n) is 3.69. The first kappa shape index (κ1) is 17.9. The predicted molar refractivity (Wildman–Crippen MR) is 99.4 cm³/mol. The van der Waals surface area contributed by atoms with Gasteiger partial charge in [0.2, 0.25) is 0 Å². The number of carbonyl (C=O) groups is 1. The maximum atomic E-state index is 11.8. The van der Waals surface area contributed by atoms with E-state index in [9.17, 15) is 14.9 Å². The highest BCUT2D eigenvalue weighted by Gasteiger charge is 2.10. The Morgan fingerprint density at radius 1 is 1.07 bits per heavy atom. The minimum Gasteiger partial charge on any atom is -0.481 e. The Hall–Kier alpha value is -3.94. The van der Waals surface area contributed by atoms with Gasteiger partial charge in [0, 0.05) is 23.1 Å². The van der Waals surface area contributed by atoms with Crippen LogP contribution in [-0.2, 0) is 9.63 Å². The van der Waals surface area contributed by atoms with Gasteiger partial charge >= 0.3 is 5.97 Å². The van der Waals surface area contributed by atoms with E-state index in [0.29, 0.717) is 5.75 Å². The fraction of sp³-hybridized carbons (Fsp3) is 0.0526. The van der Waals surface area contributed by atoms with E-state index in [0.717, 1.165) is 10.8 Å². The minimum atomic E-state index is -0.753. The molecular formula is C19H15N3O5. The Morgan fingerprint density at radius 2 is 1.81 bits per heavy atom. The van der Waals surface area contributed by atoms with Crippen molar-refractivity contribution in [3.8, 4) is 5.75 Å². The number of carbonyl (C=O) groups excluding carboxylic acids is 1. The van der Waals surface area contributed by atoms with Crippen LogP contribution in [0.3, 0.4) is 0 Å². The summed E-state index contributed by atoms with van der Waals surface area (Å²) in [6, 6.07) is 18.6. The standard InChI is InChI=1S/C19H15N3O5/c20-19(14-7-3-8-15(11-14)22(24)25)21-27-18(23)12-26-17-10-4-6-13-5-1-2-9-16(13)17/h1-11H,12H2,(H2,20,21). The number of nitrogens with two attached hydrogens (primary N) is 1. The zero-order chi connectivity index (χ0) is 19.2. The lowest BCUT2D eigenvalue weighted by atomic mass is 10.1. The summed E-state index contributed by atoms with van der Waals surface area (Å²) in [6.07, 6.45) is 0. The van der Waals surface area contributed by atoms with Crippen molar-refractivity contribution in [2.75, 3.05) is 6.61 Å². The van der Waals surface area contributed by atoms with Crippen LogP contribution in [-0.4, -0.2) is 23.3 Å². The number of amidine groups is 1. The molecule has 0 radical (unpaired) electrons. The average molecular weight is 365 g/mol. The number of nitro groups is 1. The molecule has 0 spiro atoms. The van der Waals surface area contributed by atoms with E-state index in [2.05, 4.69) is 5.16 Å². The van der Waals surface area contributed by atoms with Gasteiger partial charge in [0.15, 0.2) is 12.4 Å². The molecule has 3 aromatic rings. The molecule has 0 aliphatic rings. The molecule has 8 nitrogen and oxygen atoms in total. The Bertz CT molecular complexity index is 1030. The van der Waals surface area contributed by atoms with Crippen molar-refractivity contribution in [3.05, 3.63) is 82.4 Å². The molecule has 3 rings (SSSR count). The average Bonchev–Trinajstić information content (AvgIpc) is 2.70. The number of nitrogens with zero attached hydrogens (tertiary/aromatic N) is 2. The first-order chi connectivity index (χ1) is 13.0. The normalized spacial score (nSPS) is 11.2. The van der Waals surface area contributed by atoms with E-state index in [1.54, 1.807) is 6.07 Å². The number of benzene rings is 3. The Kier molecular flexibility index (Phi) is 5.27. The van der Waals surface area contributed by atoms with Gasteiger partial charge in [-0.1, -0.05) is 53.7 Å². The molecule has 0 aliphatic heterocycles. The van der Waals surface area contributed by atoms with Crippen molar-refractivity contribution in [1.82, 2.24) is 0 Å². The highest BCUT2D eigenvalue weighted by molar-refractivity contribution is 5.98. The Morgan fingerprint density at radius 3 is 2.63 bits per heavy atom. The molecule has 0 atom stereocenters. The number of non-ortho nitro benzene ring substituents is 1. The van der Waals surface area contributed by atoms with Crippen LogP contribution in [0.25, 0.3) is 10.8 Å². The molecule has 0 aromatic heterocycles. The van der Waals surface area contributed by atoms with Crippen LogP contribution in [0.4, 0.5) is 5.69 Å². The van der Waals surface area contributed by atoms with E-state index in [4.69, 9.17) is 15.3 Å². The molecule has 0 aliphatic carbocycles. The topological polar surface area (TPSA) is 117 Å². The zero-order valence-electron chi connectivity index (χ0n) is 14.1. The lowest BCUT2D eigenvalue weighted by molar-refractivity contribution is -0.384. The molecule has 27 heavy (non-hydrogen) atoms. The van der Waals surface area contributed by atoms with Crippen molar-refractivity contribution in [2.24, 2.45) is 10.9 Å². The summed E-state index contributed by atoms with van der Waals surface area (Å²) < 4.78 is 5.50. The third-order valence-corrected chi connectivity index (χ3v) is 3.69. The lowest BCUT2D eigenvalue weighted by Gasteiger charge is -2.08. The van der Waals surface area contributed by atoms with Crippen LogP contribution in [0.5, 0.6) is 5.75 Å². The molecular weight excluding hydrogens is 350 g/mol. The Labute approximate surface area is 153 Å². The van der Waals surface area contributed by atoms with E-state index < -0.39 is 10.9 Å². The quantitative estimate of drug-likeness (QED) is 0.236. The monoisotopic (exact) mass is 365 g/mol. The van der Waals surface area contributed by atoms with Gasteiger partial charge in [0.25, 0.3) is 5.69 Å². The van der Waals surface area contributed by atoms with E-state index in [1.807, 2.05) is 36.4 Å². The molecule has 136 valence electrons. The van der Waals surface area contributed by atoms with Crippen LogP contribution in [0.1, 0.15) is 5.56 Å². The largest absolute Gasteiger partial charge is 0.481 e. The number of nitro benzene ring substituents is 1. The molecule has 3 aromatic carbocycles. The fourth-order valence-electron chi connectivity index (χ4n) is 2.42. The fourth-order valence-corrected chi connectivity index (χ4v) is 2.42. The molecule has 8 heteroatoms. The molecule has 0 saturated heterocycles. The molecule has 0 unspecified atom stereocenters. The van der Waals surface area contributed by atoms with Crippen LogP contribution >= 0.6 is 0 Å². The number of fused-ring (bicyclic) bond motifs is 1. The summed E-state index contributed by atoms with van der Waals surface area (Å²) in [7, 11) is 0. The van der Waals surface area contributed by atoms with Crippen LogP contribution in [0, 0.1) is 10.1 Å². The van der Waals surface area contributed by atoms with Crippen LogP contribution in [0.15, 0.2) is 71.9 Å². The third kappa shape index (κ3) is 4.37. The molecule has 0 amide bonds. The number of rotatable bonds is 6. The minimum absolute atomic E-state index is 0.142. The molecule has 0 fully saturated rings. The highest BCUT2D eigenvalue weighted by atomic mass is 16.7. The molecule has 0 heterocycles. The summed E-state index contributed by atoms with van der Waals surface area (Å²) in [6.45, 7) is -0.361. The second kappa shape index (κ2) is 7.96. The SMILES string of the molecule is N/C(=N/OC(=O)COc1cccc2ccccc12)c1cccc([N+](=O)[O-])c1. The first-order valence-electron chi connectivity index (χ1n) is 7.93. The number of hydrogen-bond acceptors (Lipinski definition) is 6. The van der Waals surface area contributed by atoms with Gasteiger partial charge in [0.05, 0.1) is 4.92 Å². The molecule has 0 saturated carbocycles. The highest BCUT2D eigenvalue weighted by Crippen LogP contribution is 2.25. The number of ether oxygens (including phenoxy) is 1. The summed E-state index contributed by atoms with van der Waals surface area (Å²) >= 11 is 0. The van der Waals surface area contributed by atoms with Gasteiger partial charge in [-0.15, -0.1) is 0 Å². The number of oxime groups is 1. The second-order valence-corrected chi connectivity index (χ2v) is 5.51. The van der Waals surface area contributed by atoms with Gasteiger partial charge in [-0.05, 0) is 11.5 Å². The van der Waals surface area contributed by atoms with Crippen molar-refractivity contribution >= 4 is 28.3 Å². The summed E-state index contributed by atoms with van der Waals surface area (Å²) in [5.41, 5.74) is 5.83. The second-order valence-electron chi connectivity index (χ2n) is 5.51. The Balaban J connectivity index is 1.63. The van der Waals surface area contributed by atoms with Crippen molar-refractivity contribution in [1.29, 1.82) is 0 Å². The smallest absolute Gasteiger partial charge is 0.372 e. The van der Waals surface area contributed by atoms with Gasteiger partial charge in [0.1, 0.15) is 5.75 Å². The lowest BCUT2D eigenvalue weighted by Crippen LogP contribution is -2.18. The van der Waals surface area contributed by atoms with E-state index >= 15 is 0 Å². The summed E-state index contributed by atoms with van der Waals surface area (Å²) in [5, 5.41) is 16.1. The zero-order valence-corrected chi connectivity index (χ0v) is 14.1. The van der Waals surface area contributed by atoms with Crippen molar-refractivity contribution in [2.45, 2.75) is 0 Å². The van der Waals surface area contributed by atoms with Gasteiger partial charge in [-0.3, -0.25) is 10.1 Å². The van der Waals surface area contributed by atoms with E-state index in [1.165, 1.54) is 24.3 Å². The van der Waals surface area contributed by atoms with Gasteiger partial charge in [-0.25, -0.2) is 4.79 Å². The molecule has 2 N–H and O–H groups in total. The van der Waals surface area contributed by atoms with Crippen LogP contribution in [0.2, 0.25) is 0 Å². The first-order valence-corrected chi connectivity index (χ1v) is 7.93. The maximum absolute atomic E-state index is 11.8. The van der Waals surface area contributed by atoms with Gasteiger partial charge < -0.3 is 15.3 Å². The summed E-state index contributed by atoms with van der Waals surface area (Å²) in [5.74, 6) is -0.366. The van der Waals surface area contributed by atoms with Crippen molar-refractivity contribution in [3.63, 3.8) is 0 Å². The van der Waals surface area contributed by atoms with Crippen LogP contribution < -0.4 is 10.5 Å². The maximum Gasteiger partial charge on any atom is 0.372 e. The van der Waals surface area contributed by atoms with E-state index in [-0.39, 0.29) is 23.7 Å². The summed E-state index contributed by atoms with van der Waals surface area (Å²) in [4.78, 5) is 26.8.